The van der Waals surface area contributed by atoms with Gasteiger partial charge in [-0.05, 0) is 78.4 Å². The zero-order valence-corrected chi connectivity index (χ0v) is 20.5. The molecule has 0 atom stereocenters. The highest BCUT2D eigenvalue weighted by Crippen LogP contribution is 2.32. The monoisotopic (exact) mass is 476 g/mol. The van der Waals surface area contributed by atoms with Gasteiger partial charge in [0, 0.05) is 19.6 Å². The average Bonchev–Trinajstić information content (AvgIpc) is 2.90. The van der Waals surface area contributed by atoms with E-state index < -0.39 is 0 Å². The van der Waals surface area contributed by atoms with E-state index in [9.17, 15) is 9.18 Å². The van der Waals surface area contributed by atoms with Gasteiger partial charge in [0.15, 0.2) is 0 Å². The molecule has 184 valence electrons. The summed E-state index contributed by atoms with van der Waals surface area (Å²) < 4.78 is 23.5. The SMILES string of the molecule is COC(=O)N(Cc1ccc(OC)cc1)Cc1ccccc1C1CCN(Cc2ccc(F)cc2)CC1. The van der Waals surface area contributed by atoms with Crippen molar-refractivity contribution in [1.82, 2.24) is 9.80 Å². The molecule has 1 saturated heterocycles. The lowest BCUT2D eigenvalue weighted by atomic mass is 9.86. The van der Waals surface area contributed by atoms with Crippen LogP contribution < -0.4 is 4.74 Å². The Morgan fingerprint density at radius 2 is 1.57 bits per heavy atom. The molecule has 35 heavy (non-hydrogen) atoms. The third-order valence-corrected chi connectivity index (χ3v) is 6.73. The maximum atomic E-state index is 13.2. The first-order valence-corrected chi connectivity index (χ1v) is 12.1. The highest BCUT2D eigenvalue weighted by Gasteiger charge is 2.24. The topological polar surface area (TPSA) is 42.0 Å². The number of piperidine rings is 1. The van der Waals surface area contributed by atoms with Crippen LogP contribution in [0.15, 0.2) is 72.8 Å². The summed E-state index contributed by atoms with van der Waals surface area (Å²) in [6, 6.07) is 22.9. The summed E-state index contributed by atoms with van der Waals surface area (Å²) in [4.78, 5) is 16.8. The summed E-state index contributed by atoms with van der Waals surface area (Å²) in [5.41, 5.74) is 4.61. The quantitative estimate of drug-likeness (QED) is 0.401. The van der Waals surface area contributed by atoms with Gasteiger partial charge in [-0.25, -0.2) is 9.18 Å². The number of nitrogens with zero attached hydrogens (tertiary/aromatic N) is 2. The zero-order valence-electron chi connectivity index (χ0n) is 20.5. The Bertz CT molecular complexity index is 1090. The predicted octanol–water partition coefficient (Wildman–Crippen LogP) is 5.98. The number of ether oxygens (including phenoxy) is 2. The Hall–Kier alpha value is -3.38. The van der Waals surface area contributed by atoms with Gasteiger partial charge in [-0.2, -0.15) is 0 Å². The van der Waals surface area contributed by atoms with Crippen LogP contribution >= 0.6 is 0 Å². The van der Waals surface area contributed by atoms with E-state index in [2.05, 4.69) is 23.1 Å². The van der Waals surface area contributed by atoms with Crippen LogP contribution in [0.25, 0.3) is 0 Å². The molecule has 0 aromatic heterocycles. The third kappa shape index (κ3) is 6.61. The van der Waals surface area contributed by atoms with Crippen molar-refractivity contribution >= 4 is 6.09 Å². The van der Waals surface area contributed by atoms with Crippen molar-refractivity contribution in [3.63, 3.8) is 0 Å². The van der Waals surface area contributed by atoms with Gasteiger partial charge in [-0.15, -0.1) is 0 Å². The van der Waals surface area contributed by atoms with Gasteiger partial charge in [0.05, 0.1) is 14.2 Å². The Kier molecular flexibility index (Phi) is 8.37. The molecule has 0 saturated carbocycles. The molecule has 1 heterocycles. The number of hydrogen-bond donors (Lipinski definition) is 0. The highest BCUT2D eigenvalue weighted by molar-refractivity contribution is 5.67. The minimum Gasteiger partial charge on any atom is -0.497 e. The van der Waals surface area contributed by atoms with Gasteiger partial charge >= 0.3 is 6.09 Å². The van der Waals surface area contributed by atoms with E-state index in [1.165, 1.54) is 24.8 Å². The van der Waals surface area contributed by atoms with Gasteiger partial charge < -0.3 is 9.47 Å². The molecule has 0 aliphatic carbocycles. The molecule has 1 fully saturated rings. The number of benzene rings is 3. The number of carbonyl (C=O) groups excluding carboxylic acids is 1. The summed E-state index contributed by atoms with van der Waals surface area (Å²) >= 11 is 0. The molecule has 0 unspecified atom stereocenters. The first-order chi connectivity index (χ1) is 17.1. The van der Waals surface area contributed by atoms with E-state index in [-0.39, 0.29) is 11.9 Å². The summed E-state index contributed by atoms with van der Waals surface area (Å²) in [6.45, 7) is 3.77. The molecule has 0 N–H and O–H groups in total. The van der Waals surface area contributed by atoms with Crippen LogP contribution in [0.5, 0.6) is 5.75 Å². The number of hydrogen-bond acceptors (Lipinski definition) is 4. The van der Waals surface area contributed by atoms with E-state index in [0.717, 1.165) is 54.9 Å². The number of amides is 1. The lowest BCUT2D eigenvalue weighted by molar-refractivity contribution is 0.117. The van der Waals surface area contributed by atoms with Crippen molar-refractivity contribution < 1.29 is 18.7 Å². The van der Waals surface area contributed by atoms with E-state index in [1.54, 1.807) is 12.0 Å². The van der Waals surface area contributed by atoms with E-state index >= 15 is 0 Å². The minimum atomic E-state index is -0.343. The fourth-order valence-corrected chi connectivity index (χ4v) is 4.80. The van der Waals surface area contributed by atoms with Crippen LogP contribution in [0.3, 0.4) is 0 Å². The molecule has 0 radical (unpaired) electrons. The third-order valence-electron chi connectivity index (χ3n) is 6.73. The fraction of sp³-hybridized carbons (Fsp3) is 0.345. The molecular weight excluding hydrogens is 443 g/mol. The van der Waals surface area contributed by atoms with Crippen molar-refractivity contribution in [3.8, 4) is 5.75 Å². The van der Waals surface area contributed by atoms with Crippen LogP contribution in [0, 0.1) is 5.82 Å². The minimum absolute atomic E-state index is 0.197. The lowest BCUT2D eigenvalue weighted by Gasteiger charge is -2.33. The molecule has 3 aromatic rings. The molecule has 1 amide bonds. The van der Waals surface area contributed by atoms with E-state index in [0.29, 0.717) is 19.0 Å². The van der Waals surface area contributed by atoms with Gasteiger partial charge in [-0.3, -0.25) is 9.80 Å². The molecule has 1 aliphatic heterocycles. The Labute approximate surface area is 207 Å². The largest absolute Gasteiger partial charge is 0.497 e. The second-order valence-corrected chi connectivity index (χ2v) is 9.05. The smallest absolute Gasteiger partial charge is 0.410 e. The van der Waals surface area contributed by atoms with Crippen LogP contribution in [0.4, 0.5) is 9.18 Å². The molecule has 6 heteroatoms. The predicted molar refractivity (Wildman–Crippen MR) is 135 cm³/mol. The molecule has 0 spiro atoms. The lowest BCUT2D eigenvalue weighted by Crippen LogP contribution is -2.33. The molecule has 1 aliphatic rings. The van der Waals surface area contributed by atoms with Crippen molar-refractivity contribution in [1.29, 1.82) is 0 Å². The summed E-state index contributed by atoms with van der Waals surface area (Å²) in [5.74, 6) is 1.03. The second kappa shape index (κ2) is 11.8. The van der Waals surface area contributed by atoms with Crippen molar-refractivity contribution in [2.75, 3.05) is 27.3 Å². The van der Waals surface area contributed by atoms with Crippen molar-refractivity contribution in [3.05, 3.63) is 101 Å². The fourth-order valence-electron chi connectivity index (χ4n) is 4.80. The van der Waals surface area contributed by atoms with E-state index in [1.807, 2.05) is 42.5 Å². The van der Waals surface area contributed by atoms with Crippen molar-refractivity contribution in [2.24, 2.45) is 0 Å². The number of methoxy groups -OCH3 is 2. The van der Waals surface area contributed by atoms with Crippen LogP contribution in [0.2, 0.25) is 0 Å². The Morgan fingerprint density at radius 3 is 2.23 bits per heavy atom. The number of likely N-dealkylation sites (tertiary alicyclic amines) is 1. The first-order valence-electron chi connectivity index (χ1n) is 12.1. The highest BCUT2D eigenvalue weighted by atomic mass is 19.1. The number of halogens is 1. The van der Waals surface area contributed by atoms with Gasteiger partial charge in [0.2, 0.25) is 0 Å². The maximum Gasteiger partial charge on any atom is 0.410 e. The summed E-state index contributed by atoms with van der Waals surface area (Å²) in [7, 11) is 3.06. The van der Waals surface area contributed by atoms with Crippen molar-refractivity contribution in [2.45, 2.75) is 38.4 Å². The van der Waals surface area contributed by atoms with Gasteiger partial charge in [0.1, 0.15) is 11.6 Å². The van der Waals surface area contributed by atoms with E-state index in [4.69, 9.17) is 9.47 Å². The van der Waals surface area contributed by atoms with Crippen LogP contribution in [-0.2, 0) is 24.4 Å². The first kappa shape index (κ1) is 24.7. The van der Waals surface area contributed by atoms with Gasteiger partial charge in [-0.1, -0.05) is 48.5 Å². The molecule has 0 bridgehead atoms. The zero-order chi connectivity index (χ0) is 24.6. The second-order valence-electron chi connectivity index (χ2n) is 9.05. The Balaban J connectivity index is 1.42. The molecular formula is C29H33FN2O3. The summed E-state index contributed by atoms with van der Waals surface area (Å²) in [5, 5.41) is 0. The Morgan fingerprint density at radius 1 is 0.914 bits per heavy atom. The number of rotatable bonds is 8. The van der Waals surface area contributed by atoms with Gasteiger partial charge in [0.25, 0.3) is 0 Å². The van der Waals surface area contributed by atoms with Crippen LogP contribution in [-0.4, -0.2) is 43.2 Å². The molecule has 4 rings (SSSR count). The normalized spacial score (nSPS) is 14.5. The average molecular weight is 477 g/mol. The summed E-state index contributed by atoms with van der Waals surface area (Å²) in [6.07, 6.45) is 1.76. The molecule has 3 aromatic carbocycles. The molecule has 5 nitrogen and oxygen atoms in total. The standard InChI is InChI=1S/C29H33FN2O3/c1-34-27-13-9-23(10-14-27)20-32(29(33)35-2)21-25-5-3-4-6-28(25)24-15-17-31(18-16-24)19-22-7-11-26(30)12-8-22/h3-14,24H,15-21H2,1-2H3. The maximum absolute atomic E-state index is 13.2. The number of carbonyl (C=O) groups is 1. The van der Waals surface area contributed by atoms with Crippen LogP contribution in [0.1, 0.15) is 41.0 Å².